The third-order valence-electron chi connectivity index (χ3n) is 14.2. The van der Waals surface area contributed by atoms with E-state index in [4.69, 9.17) is 33.3 Å². The van der Waals surface area contributed by atoms with Gasteiger partial charge in [-0.05, 0) is 51.2 Å². The van der Waals surface area contributed by atoms with Crippen LogP contribution in [-0.2, 0) is 64.8 Å². The molecule has 3 aromatic rings. The van der Waals surface area contributed by atoms with Gasteiger partial charge in [0.1, 0.15) is 65.9 Å². The number of esters is 2. The summed E-state index contributed by atoms with van der Waals surface area (Å²) in [5.41, 5.74) is 0.547. The number of hydrogen-bond acceptors (Lipinski definition) is 17. The zero-order valence-corrected chi connectivity index (χ0v) is 39.9. The van der Waals surface area contributed by atoms with Crippen molar-refractivity contribution in [3.8, 4) is 0 Å². The number of hydrogen-bond donors (Lipinski definition) is 6. The maximum absolute atomic E-state index is 15.7. The van der Waals surface area contributed by atoms with Gasteiger partial charge in [0.25, 0.3) is 0 Å². The van der Waals surface area contributed by atoms with E-state index in [9.17, 15) is 39.9 Å². The molecule has 382 valence electrons. The first kappa shape index (κ1) is 50.8. The van der Waals surface area contributed by atoms with E-state index < -0.39 is 127 Å². The van der Waals surface area contributed by atoms with E-state index in [-0.39, 0.29) is 39.0 Å². The third-order valence-corrected chi connectivity index (χ3v) is 14.2. The Kier molecular flexibility index (Phi) is 14.8. The van der Waals surface area contributed by atoms with Crippen molar-refractivity contribution in [1.82, 2.24) is 15.3 Å². The number of aliphatic hydroxyl groups excluding tert-OH is 5. The molecule has 3 aromatic carbocycles. The van der Waals surface area contributed by atoms with Crippen LogP contribution in [0.3, 0.4) is 0 Å². The minimum absolute atomic E-state index is 0.0164. The highest BCUT2D eigenvalue weighted by Gasteiger charge is 2.77. The molecule has 1 saturated carbocycles. The molecule has 6 fully saturated rings. The van der Waals surface area contributed by atoms with E-state index >= 15 is 4.79 Å². The highest BCUT2D eigenvalue weighted by molar-refractivity contribution is 5.96. The summed E-state index contributed by atoms with van der Waals surface area (Å²) in [7, 11) is 0. The Morgan fingerprint density at radius 3 is 2.23 bits per heavy atom. The van der Waals surface area contributed by atoms with Crippen LogP contribution in [0.15, 0.2) is 91.0 Å². The van der Waals surface area contributed by atoms with Crippen LogP contribution >= 0.6 is 0 Å². The molecule has 2 amide bonds. The van der Waals surface area contributed by atoms with Gasteiger partial charge in [0.05, 0.1) is 32.4 Å². The summed E-state index contributed by atoms with van der Waals surface area (Å²) < 4.78 is 36.9. The molecule has 5 aliphatic heterocycles. The van der Waals surface area contributed by atoms with Crippen LogP contribution in [0, 0.1) is 5.41 Å². The Morgan fingerprint density at radius 2 is 1.58 bits per heavy atom. The number of likely N-dealkylation sites (tertiary alicyclic amines) is 1. The second-order valence-electron chi connectivity index (χ2n) is 20.1. The molecule has 6 N–H and O–H groups in total. The SMILES string of the molecule is CC(C)(C)OC(=O)CCC(CO)NC(=O)C1CCCN1C(=O)C12CC3OC(=O)C1N(Cc1ccc(C=CCOC4OC(CO)C(O)C(O)C4O)cc1)OC2C1OC(c2ccccc2)(c2ccccc2)OC31. The van der Waals surface area contributed by atoms with Crippen LogP contribution in [0.2, 0.25) is 0 Å². The molecule has 0 spiro atoms. The molecule has 5 heterocycles. The first-order valence-corrected chi connectivity index (χ1v) is 24.3. The van der Waals surface area contributed by atoms with Gasteiger partial charge in [0, 0.05) is 30.5 Å². The number of carbonyl (C=O) groups excluding carboxylic acids is 4. The molecule has 13 unspecified atom stereocenters. The van der Waals surface area contributed by atoms with Crippen molar-refractivity contribution in [1.29, 1.82) is 0 Å². The summed E-state index contributed by atoms with van der Waals surface area (Å²) in [5, 5.41) is 54.6. The maximum Gasteiger partial charge on any atom is 0.327 e. The molecule has 19 nitrogen and oxygen atoms in total. The number of carbonyl (C=O) groups is 4. The number of amides is 2. The molecule has 6 aliphatic rings. The van der Waals surface area contributed by atoms with E-state index in [0.717, 1.165) is 11.1 Å². The van der Waals surface area contributed by atoms with Crippen molar-refractivity contribution in [3.63, 3.8) is 0 Å². The van der Waals surface area contributed by atoms with E-state index in [1.807, 2.05) is 84.9 Å². The van der Waals surface area contributed by atoms with Crippen LogP contribution in [0.25, 0.3) is 6.08 Å². The maximum atomic E-state index is 15.7. The average Bonchev–Trinajstić information content (AvgIpc) is 4.11. The Balaban J connectivity index is 0.981. The molecule has 13 atom stereocenters. The molecule has 9 rings (SSSR count). The normalized spacial score (nSPS) is 32.6. The van der Waals surface area contributed by atoms with E-state index in [1.54, 1.807) is 32.9 Å². The van der Waals surface area contributed by atoms with E-state index in [0.29, 0.717) is 24.0 Å². The van der Waals surface area contributed by atoms with Gasteiger partial charge in [0.2, 0.25) is 17.6 Å². The van der Waals surface area contributed by atoms with Crippen LogP contribution in [0.5, 0.6) is 0 Å². The van der Waals surface area contributed by atoms with Gasteiger partial charge in [-0.1, -0.05) is 97.1 Å². The first-order valence-electron chi connectivity index (χ1n) is 24.3. The molecule has 1 aliphatic carbocycles. The second-order valence-corrected chi connectivity index (χ2v) is 20.1. The fraction of sp³-hybridized carbons (Fsp3) is 0.538. The van der Waals surface area contributed by atoms with Crippen molar-refractivity contribution < 1.29 is 78.0 Å². The number of nitrogens with one attached hydrogen (secondary N) is 1. The number of ether oxygens (including phenoxy) is 6. The zero-order valence-electron chi connectivity index (χ0n) is 39.9. The number of benzene rings is 3. The standard InChI is InChI=1S/C52H63N3O16/c1-50(2,3)68-38(58)23-22-34(28-56)53-46(62)35-17-10-24-54(35)49(64)51-26-36-42-43(70-52(69-42,32-13-6-4-7-14-32)33-15-8-5-9-16-33)45(51)71-55(44(51)47(63)66-36)27-31-20-18-30(19-21-31)12-11-25-65-48-41(61)40(60)39(59)37(29-57)67-48/h4-9,11-16,18-21,34-37,39-45,48,56-57,59-61H,10,17,22-29H2,1-3H3,(H,53,62). The largest absolute Gasteiger partial charge is 0.460 e. The second kappa shape index (κ2) is 20.8. The molecular formula is C52H63N3O16. The summed E-state index contributed by atoms with van der Waals surface area (Å²) >= 11 is 0. The summed E-state index contributed by atoms with van der Waals surface area (Å²) in [6.07, 6.45) is -6.47. The fourth-order valence-electron chi connectivity index (χ4n) is 10.9. The molecule has 71 heavy (non-hydrogen) atoms. The smallest absolute Gasteiger partial charge is 0.327 e. The predicted molar refractivity (Wildman–Crippen MR) is 249 cm³/mol. The zero-order chi connectivity index (χ0) is 50.2. The highest BCUT2D eigenvalue weighted by Crippen LogP contribution is 2.60. The van der Waals surface area contributed by atoms with Gasteiger partial charge in [-0.15, -0.1) is 0 Å². The number of fused-ring (bicyclic) bond motifs is 4. The summed E-state index contributed by atoms with van der Waals surface area (Å²) in [6.45, 7) is 4.47. The fourth-order valence-corrected chi connectivity index (χ4v) is 10.9. The number of hydroxylamine groups is 2. The first-order chi connectivity index (χ1) is 34.1. The molecule has 0 aromatic heterocycles. The predicted octanol–water partition coefficient (Wildman–Crippen LogP) is 1.59. The van der Waals surface area contributed by atoms with Crippen LogP contribution in [0.1, 0.15) is 75.1 Å². The van der Waals surface area contributed by atoms with Crippen molar-refractivity contribution in [3.05, 3.63) is 113 Å². The van der Waals surface area contributed by atoms with Gasteiger partial charge in [-0.2, -0.15) is 5.06 Å². The quantitative estimate of drug-likeness (QED) is 0.112. The van der Waals surface area contributed by atoms with Crippen molar-refractivity contribution in [2.45, 2.75) is 144 Å². The lowest BCUT2D eigenvalue weighted by atomic mass is 9.62. The van der Waals surface area contributed by atoms with Gasteiger partial charge in [-0.3, -0.25) is 24.0 Å². The summed E-state index contributed by atoms with van der Waals surface area (Å²) in [5.74, 6) is -3.59. The molecule has 0 radical (unpaired) electrons. The third kappa shape index (κ3) is 9.90. The Bertz CT molecular complexity index is 2360. The van der Waals surface area contributed by atoms with Gasteiger partial charge < -0.3 is 64.2 Å². The monoisotopic (exact) mass is 985 g/mol. The Labute approximate surface area is 411 Å². The number of nitrogens with zero attached hydrogens (tertiary/aromatic N) is 2. The Morgan fingerprint density at radius 1 is 0.901 bits per heavy atom. The minimum atomic E-state index is -1.60. The molecule has 19 heteroatoms. The van der Waals surface area contributed by atoms with Crippen LogP contribution in [0.4, 0.5) is 0 Å². The highest BCUT2D eigenvalue weighted by atomic mass is 16.8. The molecular weight excluding hydrogens is 923 g/mol. The van der Waals surface area contributed by atoms with E-state index in [1.165, 1.54) is 9.96 Å². The lowest BCUT2D eigenvalue weighted by Crippen LogP contribution is -2.70. The van der Waals surface area contributed by atoms with Gasteiger partial charge in [0.15, 0.2) is 12.3 Å². The lowest BCUT2D eigenvalue weighted by molar-refractivity contribution is -0.298. The van der Waals surface area contributed by atoms with Crippen LogP contribution < -0.4 is 5.32 Å². The van der Waals surface area contributed by atoms with Gasteiger partial charge >= 0.3 is 11.9 Å². The van der Waals surface area contributed by atoms with Crippen molar-refractivity contribution in [2.24, 2.45) is 5.41 Å². The minimum Gasteiger partial charge on any atom is -0.460 e. The average molecular weight is 986 g/mol. The Hall–Kier alpha value is -5.16. The summed E-state index contributed by atoms with van der Waals surface area (Å²) in [4.78, 5) is 65.5. The lowest BCUT2D eigenvalue weighted by Gasteiger charge is -2.50. The number of aliphatic hydroxyl groups is 5. The summed E-state index contributed by atoms with van der Waals surface area (Å²) in [6, 6.07) is 23.2. The molecule has 2 bridgehead atoms. The van der Waals surface area contributed by atoms with E-state index in [2.05, 4.69) is 5.32 Å². The number of rotatable bonds is 16. The van der Waals surface area contributed by atoms with Crippen molar-refractivity contribution in [2.75, 3.05) is 26.4 Å². The van der Waals surface area contributed by atoms with Crippen molar-refractivity contribution >= 4 is 29.8 Å². The van der Waals surface area contributed by atoms with Gasteiger partial charge in [-0.25, -0.2) is 0 Å². The van der Waals surface area contributed by atoms with Crippen LogP contribution in [-0.4, -0.2) is 164 Å². The topological polar surface area (TPSA) is 253 Å². The molecule has 5 saturated heterocycles.